The minimum Gasteiger partial charge on any atom is -0.268 e. The van der Waals surface area contributed by atoms with Crippen LogP contribution < -0.4 is 0 Å². The predicted octanol–water partition coefficient (Wildman–Crippen LogP) is 1.21. The number of allylic oxidation sites excluding steroid dienone is 1. The number of nitrogens with zero attached hydrogens (tertiary/aromatic N) is 3. The Labute approximate surface area is 62.8 Å². The first kappa shape index (κ1) is 5.80. The van der Waals surface area contributed by atoms with Gasteiger partial charge in [-0.25, -0.2) is 0 Å². The van der Waals surface area contributed by atoms with Crippen molar-refractivity contribution < 1.29 is 0 Å². The van der Waals surface area contributed by atoms with Gasteiger partial charge in [0.15, 0.2) is 0 Å². The van der Waals surface area contributed by atoms with Crippen molar-refractivity contribution in [2.24, 2.45) is 21.1 Å². The zero-order chi connectivity index (χ0) is 6.97. The lowest BCUT2D eigenvalue weighted by atomic mass is 10.1. The van der Waals surface area contributed by atoms with Gasteiger partial charge in [0.1, 0.15) is 5.17 Å². The molecule has 0 bridgehead atoms. The maximum absolute atomic E-state index is 5.70. The summed E-state index contributed by atoms with van der Waals surface area (Å²) in [6.45, 7) is 0. The molecule has 0 aliphatic carbocycles. The Bertz CT molecular complexity index is 275. The van der Waals surface area contributed by atoms with Gasteiger partial charge in [-0.15, -0.1) is 5.10 Å². The SMILES string of the molecule is ClC1=NN=C2C=CN=CC12. The molecule has 0 N–H and O–H groups in total. The fourth-order valence-electron chi connectivity index (χ4n) is 0.882. The Hall–Kier alpha value is -0.960. The number of fused-ring (bicyclic) bond motifs is 1. The first-order valence-electron chi connectivity index (χ1n) is 2.89. The molecule has 0 radical (unpaired) electrons. The molecule has 0 amide bonds. The van der Waals surface area contributed by atoms with Gasteiger partial charge in [-0.3, -0.25) is 4.99 Å². The van der Waals surface area contributed by atoms with Crippen molar-refractivity contribution in [3.05, 3.63) is 12.3 Å². The maximum Gasteiger partial charge on any atom is 0.143 e. The van der Waals surface area contributed by atoms with E-state index < -0.39 is 0 Å². The number of hydrogen-bond donors (Lipinski definition) is 0. The molecule has 0 saturated heterocycles. The number of hydrogen-bond acceptors (Lipinski definition) is 3. The third kappa shape index (κ3) is 0.708. The molecule has 2 aliphatic heterocycles. The molecular weight excluding hydrogens is 150 g/mol. The van der Waals surface area contributed by atoms with Gasteiger partial charge in [-0.05, 0) is 6.08 Å². The average molecular weight is 154 g/mol. The molecule has 2 heterocycles. The quantitative estimate of drug-likeness (QED) is 0.502. The molecule has 3 nitrogen and oxygen atoms in total. The maximum atomic E-state index is 5.70. The second-order valence-electron chi connectivity index (χ2n) is 2.04. The molecule has 50 valence electrons. The first-order chi connectivity index (χ1) is 4.88. The summed E-state index contributed by atoms with van der Waals surface area (Å²) in [6.07, 6.45) is 5.22. The van der Waals surface area contributed by atoms with Crippen molar-refractivity contribution in [3.63, 3.8) is 0 Å². The third-order valence-corrected chi connectivity index (χ3v) is 1.71. The van der Waals surface area contributed by atoms with Gasteiger partial charge < -0.3 is 0 Å². The van der Waals surface area contributed by atoms with Crippen molar-refractivity contribution >= 4 is 28.7 Å². The van der Waals surface area contributed by atoms with Crippen LogP contribution in [0.3, 0.4) is 0 Å². The van der Waals surface area contributed by atoms with Gasteiger partial charge in [0, 0.05) is 12.4 Å². The number of halogens is 1. The molecule has 0 aromatic heterocycles. The van der Waals surface area contributed by atoms with E-state index in [1.54, 1.807) is 12.4 Å². The summed E-state index contributed by atoms with van der Waals surface area (Å²) in [5.41, 5.74) is 0.875. The van der Waals surface area contributed by atoms with Gasteiger partial charge in [-0.1, -0.05) is 11.6 Å². The van der Waals surface area contributed by atoms with Crippen LogP contribution in [-0.4, -0.2) is 17.1 Å². The van der Waals surface area contributed by atoms with E-state index in [4.69, 9.17) is 11.6 Å². The summed E-state index contributed by atoms with van der Waals surface area (Å²) in [7, 11) is 0. The smallest absolute Gasteiger partial charge is 0.143 e. The van der Waals surface area contributed by atoms with Crippen LogP contribution in [0.25, 0.3) is 0 Å². The van der Waals surface area contributed by atoms with Crippen molar-refractivity contribution in [1.29, 1.82) is 0 Å². The van der Waals surface area contributed by atoms with E-state index in [2.05, 4.69) is 15.2 Å². The fourth-order valence-corrected chi connectivity index (χ4v) is 1.09. The van der Waals surface area contributed by atoms with E-state index >= 15 is 0 Å². The van der Waals surface area contributed by atoms with E-state index in [9.17, 15) is 0 Å². The van der Waals surface area contributed by atoms with Gasteiger partial charge in [0.05, 0.1) is 11.6 Å². The summed E-state index contributed by atoms with van der Waals surface area (Å²) in [6, 6.07) is 0. The molecule has 2 aliphatic rings. The lowest BCUT2D eigenvalue weighted by molar-refractivity contribution is 1.27. The topological polar surface area (TPSA) is 37.1 Å². The van der Waals surface area contributed by atoms with Crippen LogP contribution in [0.2, 0.25) is 0 Å². The van der Waals surface area contributed by atoms with E-state index in [1.165, 1.54) is 0 Å². The molecule has 1 atom stereocenters. The highest BCUT2D eigenvalue weighted by molar-refractivity contribution is 6.70. The monoisotopic (exact) mass is 153 g/mol. The second kappa shape index (κ2) is 2.02. The van der Waals surface area contributed by atoms with Crippen molar-refractivity contribution in [2.45, 2.75) is 0 Å². The Morgan fingerprint density at radius 2 is 2.30 bits per heavy atom. The molecular formula is C6H4ClN3. The fraction of sp³-hybridized carbons (Fsp3) is 0.167. The van der Waals surface area contributed by atoms with Crippen molar-refractivity contribution in [1.82, 2.24) is 0 Å². The lowest BCUT2D eigenvalue weighted by Gasteiger charge is -2.03. The lowest BCUT2D eigenvalue weighted by Crippen LogP contribution is -2.17. The molecule has 0 aromatic rings. The normalized spacial score (nSPS) is 27.9. The van der Waals surface area contributed by atoms with Crippen LogP contribution in [0.1, 0.15) is 0 Å². The molecule has 4 heteroatoms. The van der Waals surface area contributed by atoms with Crippen molar-refractivity contribution in [3.8, 4) is 0 Å². The zero-order valence-corrected chi connectivity index (χ0v) is 5.78. The highest BCUT2D eigenvalue weighted by Gasteiger charge is 2.23. The summed E-state index contributed by atoms with van der Waals surface area (Å²) < 4.78 is 0. The molecule has 10 heavy (non-hydrogen) atoms. The van der Waals surface area contributed by atoms with Gasteiger partial charge >= 0.3 is 0 Å². The van der Waals surface area contributed by atoms with Gasteiger partial charge in [-0.2, -0.15) is 5.10 Å². The highest BCUT2D eigenvalue weighted by Crippen LogP contribution is 2.15. The molecule has 0 aromatic carbocycles. The van der Waals surface area contributed by atoms with Crippen LogP contribution in [0.4, 0.5) is 0 Å². The Kier molecular flexibility index (Phi) is 1.17. The van der Waals surface area contributed by atoms with Crippen LogP contribution in [0, 0.1) is 5.92 Å². The Morgan fingerprint density at radius 3 is 3.10 bits per heavy atom. The molecule has 0 spiro atoms. The minimum absolute atomic E-state index is 0.0201. The summed E-state index contributed by atoms with van der Waals surface area (Å²) in [4.78, 5) is 3.92. The van der Waals surface area contributed by atoms with Gasteiger partial charge in [0.25, 0.3) is 0 Å². The first-order valence-corrected chi connectivity index (χ1v) is 3.26. The largest absolute Gasteiger partial charge is 0.268 e. The zero-order valence-electron chi connectivity index (χ0n) is 5.03. The van der Waals surface area contributed by atoms with E-state index in [-0.39, 0.29) is 5.92 Å². The molecule has 1 unspecified atom stereocenters. The van der Waals surface area contributed by atoms with E-state index in [0.717, 1.165) is 5.71 Å². The second-order valence-corrected chi connectivity index (χ2v) is 2.43. The highest BCUT2D eigenvalue weighted by atomic mass is 35.5. The summed E-state index contributed by atoms with van der Waals surface area (Å²) in [5.74, 6) is 0.0201. The predicted molar refractivity (Wildman–Crippen MR) is 41.8 cm³/mol. The molecule has 0 fully saturated rings. The van der Waals surface area contributed by atoms with Crippen LogP contribution >= 0.6 is 11.6 Å². The minimum atomic E-state index is 0.0201. The van der Waals surface area contributed by atoms with Crippen LogP contribution in [-0.2, 0) is 0 Å². The Morgan fingerprint density at radius 1 is 1.40 bits per heavy atom. The Balaban J connectivity index is 2.39. The molecule has 0 saturated carbocycles. The van der Waals surface area contributed by atoms with Crippen molar-refractivity contribution in [2.75, 3.05) is 0 Å². The van der Waals surface area contributed by atoms with Gasteiger partial charge in [0.2, 0.25) is 0 Å². The van der Waals surface area contributed by atoms with Crippen LogP contribution in [0.5, 0.6) is 0 Å². The van der Waals surface area contributed by atoms with Crippen LogP contribution in [0.15, 0.2) is 27.5 Å². The number of aliphatic imine (C=N–C) groups is 1. The van der Waals surface area contributed by atoms with E-state index in [0.29, 0.717) is 5.17 Å². The standard InChI is InChI=1S/C6H4ClN3/c7-6-4-3-8-2-1-5(4)9-10-6/h1-4H. The van der Waals surface area contributed by atoms with E-state index in [1.807, 2.05) is 6.08 Å². The number of rotatable bonds is 0. The average Bonchev–Trinajstić information content (AvgIpc) is 2.34. The third-order valence-electron chi connectivity index (χ3n) is 1.40. The molecule has 2 rings (SSSR count). The summed E-state index contributed by atoms with van der Waals surface area (Å²) in [5, 5.41) is 8.04. The summed E-state index contributed by atoms with van der Waals surface area (Å²) >= 11 is 5.70.